The minimum atomic E-state index is -4.09. The molecule has 0 aliphatic carbocycles. The highest BCUT2D eigenvalue weighted by Gasteiger charge is 2.40. The summed E-state index contributed by atoms with van der Waals surface area (Å²) in [4.78, 5) is 3.53. The lowest BCUT2D eigenvalue weighted by molar-refractivity contribution is -0.182. The molecule has 0 spiro atoms. The predicted octanol–water partition coefficient (Wildman–Crippen LogP) is 1.18. The quantitative estimate of drug-likeness (QED) is 0.621. The van der Waals surface area contributed by atoms with Crippen LogP contribution in [0.25, 0.3) is 0 Å². The Morgan fingerprint density at radius 3 is 1.92 bits per heavy atom. The van der Waals surface area contributed by atoms with E-state index in [9.17, 15) is 13.2 Å². The highest BCUT2D eigenvalue weighted by Crippen LogP contribution is 2.24. The Balaban J connectivity index is 2.45. The van der Waals surface area contributed by atoms with Gasteiger partial charge in [-0.15, -0.1) is 0 Å². The van der Waals surface area contributed by atoms with Crippen molar-refractivity contribution in [2.45, 2.75) is 19.1 Å². The fourth-order valence-corrected chi connectivity index (χ4v) is 1.42. The Labute approximate surface area is 76.3 Å². The molecule has 78 valence electrons. The molecule has 0 amide bonds. The number of nitrogens with zero attached hydrogens (tertiary/aromatic N) is 2. The Hall–Kier alpha value is -0.290. The lowest BCUT2D eigenvalue weighted by atomic mass is 10.2. The van der Waals surface area contributed by atoms with Crippen LogP contribution in [0.4, 0.5) is 13.2 Å². The van der Waals surface area contributed by atoms with Crippen molar-refractivity contribution in [1.29, 1.82) is 0 Å². The molecule has 1 unspecified atom stereocenters. The van der Waals surface area contributed by atoms with Crippen LogP contribution in [0.5, 0.6) is 0 Å². The summed E-state index contributed by atoms with van der Waals surface area (Å²) < 4.78 is 36.8. The van der Waals surface area contributed by atoms with Crippen LogP contribution in [-0.4, -0.2) is 55.2 Å². The van der Waals surface area contributed by atoms with Crippen LogP contribution in [0.1, 0.15) is 6.92 Å². The van der Waals surface area contributed by atoms with Crippen molar-refractivity contribution in [2.24, 2.45) is 0 Å². The van der Waals surface area contributed by atoms with Crippen LogP contribution in [0.3, 0.4) is 0 Å². The normalized spacial score (nSPS) is 24.7. The molecule has 1 aliphatic rings. The average molecular weight is 196 g/mol. The van der Waals surface area contributed by atoms with E-state index in [1.165, 1.54) is 11.8 Å². The predicted molar refractivity (Wildman–Crippen MR) is 44.6 cm³/mol. The maximum absolute atomic E-state index is 12.3. The summed E-state index contributed by atoms with van der Waals surface area (Å²) in [6, 6.07) is -1.30. The molecule has 0 N–H and O–H groups in total. The third-order valence-electron chi connectivity index (χ3n) is 2.56. The molecule has 0 aromatic rings. The van der Waals surface area contributed by atoms with E-state index in [0.717, 1.165) is 13.1 Å². The molecule has 0 aromatic carbocycles. The smallest absolute Gasteiger partial charge is 0.304 e. The van der Waals surface area contributed by atoms with E-state index >= 15 is 0 Å². The van der Waals surface area contributed by atoms with Crippen molar-refractivity contribution < 1.29 is 13.2 Å². The molecule has 1 atom stereocenters. The maximum Gasteiger partial charge on any atom is 0.403 e. The molecule has 0 bridgehead atoms. The fourth-order valence-electron chi connectivity index (χ4n) is 1.42. The molecule has 0 saturated carbocycles. The SMILES string of the molecule is CC(N1CCN(C)CC1)C(F)(F)F. The summed E-state index contributed by atoms with van der Waals surface area (Å²) in [6.07, 6.45) is -4.09. The van der Waals surface area contributed by atoms with Gasteiger partial charge < -0.3 is 4.90 Å². The molecule has 1 aliphatic heterocycles. The van der Waals surface area contributed by atoms with Crippen LogP contribution in [0, 0.1) is 0 Å². The molecule has 0 radical (unpaired) electrons. The molecule has 1 heterocycles. The van der Waals surface area contributed by atoms with Crippen molar-refractivity contribution in [1.82, 2.24) is 9.80 Å². The van der Waals surface area contributed by atoms with Gasteiger partial charge in [-0.25, -0.2) is 0 Å². The highest BCUT2D eigenvalue weighted by molar-refractivity contribution is 4.78. The summed E-state index contributed by atoms with van der Waals surface area (Å²) in [6.45, 7) is 3.69. The number of rotatable bonds is 1. The number of hydrogen-bond acceptors (Lipinski definition) is 2. The molecular formula is C8H15F3N2. The molecule has 1 saturated heterocycles. The van der Waals surface area contributed by atoms with Gasteiger partial charge in [0.25, 0.3) is 0 Å². The molecular weight excluding hydrogens is 181 g/mol. The Kier molecular flexibility index (Phi) is 3.18. The Bertz CT molecular complexity index is 161. The van der Waals surface area contributed by atoms with E-state index in [-0.39, 0.29) is 0 Å². The zero-order valence-electron chi connectivity index (χ0n) is 7.93. The van der Waals surface area contributed by atoms with Gasteiger partial charge in [-0.05, 0) is 14.0 Å². The van der Waals surface area contributed by atoms with Gasteiger partial charge >= 0.3 is 6.18 Å². The molecule has 0 aromatic heterocycles. The van der Waals surface area contributed by atoms with Crippen LogP contribution in [-0.2, 0) is 0 Å². The summed E-state index contributed by atoms with van der Waals surface area (Å²) in [5, 5.41) is 0. The van der Waals surface area contributed by atoms with E-state index in [0.29, 0.717) is 13.1 Å². The topological polar surface area (TPSA) is 6.48 Å². The first-order valence-corrected chi connectivity index (χ1v) is 4.40. The van der Waals surface area contributed by atoms with Gasteiger partial charge in [-0.2, -0.15) is 13.2 Å². The van der Waals surface area contributed by atoms with Crippen molar-refractivity contribution in [3.8, 4) is 0 Å². The third-order valence-corrected chi connectivity index (χ3v) is 2.56. The van der Waals surface area contributed by atoms with Gasteiger partial charge in [0.15, 0.2) is 0 Å². The largest absolute Gasteiger partial charge is 0.403 e. The first-order chi connectivity index (χ1) is 5.91. The van der Waals surface area contributed by atoms with Crippen molar-refractivity contribution in [3.63, 3.8) is 0 Å². The number of hydrogen-bond donors (Lipinski definition) is 0. The van der Waals surface area contributed by atoms with Crippen LogP contribution >= 0.6 is 0 Å². The maximum atomic E-state index is 12.3. The lowest BCUT2D eigenvalue weighted by Crippen LogP contribution is -2.52. The number of halogens is 3. The van der Waals surface area contributed by atoms with Gasteiger partial charge in [0, 0.05) is 26.2 Å². The van der Waals surface area contributed by atoms with Crippen LogP contribution < -0.4 is 0 Å². The van der Waals surface area contributed by atoms with Crippen molar-refractivity contribution in [3.05, 3.63) is 0 Å². The standard InChI is InChI=1S/C8H15F3N2/c1-7(8(9,10)11)13-5-3-12(2)4-6-13/h7H,3-6H2,1-2H3. The number of alkyl halides is 3. The summed E-state index contributed by atoms with van der Waals surface area (Å²) in [7, 11) is 1.93. The zero-order chi connectivity index (χ0) is 10.1. The first kappa shape index (κ1) is 10.8. The van der Waals surface area contributed by atoms with E-state index in [2.05, 4.69) is 0 Å². The molecule has 2 nitrogen and oxygen atoms in total. The second kappa shape index (κ2) is 3.84. The van der Waals surface area contributed by atoms with Gasteiger partial charge in [-0.1, -0.05) is 0 Å². The van der Waals surface area contributed by atoms with E-state index in [1.54, 1.807) is 0 Å². The number of piperazine rings is 1. The van der Waals surface area contributed by atoms with Crippen LogP contribution in [0.15, 0.2) is 0 Å². The monoisotopic (exact) mass is 196 g/mol. The van der Waals surface area contributed by atoms with Crippen LogP contribution in [0.2, 0.25) is 0 Å². The van der Waals surface area contributed by atoms with E-state index in [1.807, 2.05) is 11.9 Å². The minimum Gasteiger partial charge on any atom is -0.304 e. The van der Waals surface area contributed by atoms with E-state index < -0.39 is 12.2 Å². The Morgan fingerprint density at radius 1 is 1.08 bits per heavy atom. The van der Waals surface area contributed by atoms with Crippen molar-refractivity contribution in [2.75, 3.05) is 33.2 Å². The summed E-state index contributed by atoms with van der Waals surface area (Å²) >= 11 is 0. The molecule has 1 fully saturated rings. The third kappa shape index (κ3) is 2.84. The highest BCUT2D eigenvalue weighted by atomic mass is 19.4. The van der Waals surface area contributed by atoms with E-state index in [4.69, 9.17) is 0 Å². The summed E-state index contributed by atoms with van der Waals surface area (Å²) in [5.74, 6) is 0. The lowest BCUT2D eigenvalue weighted by Gasteiger charge is -2.36. The Morgan fingerprint density at radius 2 is 1.54 bits per heavy atom. The first-order valence-electron chi connectivity index (χ1n) is 4.40. The minimum absolute atomic E-state index is 0.511. The van der Waals surface area contributed by atoms with Gasteiger partial charge in [0.05, 0.1) is 0 Å². The van der Waals surface area contributed by atoms with Gasteiger partial charge in [-0.3, -0.25) is 4.90 Å². The summed E-state index contributed by atoms with van der Waals surface area (Å²) in [5.41, 5.74) is 0. The number of likely N-dealkylation sites (N-methyl/N-ethyl adjacent to an activating group) is 1. The molecule has 13 heavy (non-hydrogen) atoms. The average Bonchev–Trinajstić information content (AvgIpc) is 2.03. The zero-order valence-corrected chi connectivity index (χ0v) is 7.93. The molecule has 5 heteroatoms. The second-order valence-electron chi connectivity index (χ2n) is 3.56. The molecule has 1 rings (SSSR count). The second-order valence-corrected chi connectivity index (χ2v) is 3.56. The van der Waals surface area contributed by atoms with Crippen molar-refractivity contribution >= 4 is 0 Å². The fraction of sp³-hybridized carbons (Fsp3) is 1.00. The van der Waals surface area contributed by atoms with Gasteiger partial charge in [0.1, 0.15) is 6.04 Å². The van der Waals surface area contributed by atoms with Gasteiger partial charge in [0.2, 0.25) is 0 Å².